The molecule has 1 amide bonds. The standard InChI is InChI=1S/C14H19NO4/c1-9(2)14(17)19-8-13(16)15-11-7-10(3)5-6-12(11)18-4/h5-7,9H,8H2,1-4H3,(H,15,16). The van der Waals surface area contributed by atoms with Gasteiger partial charge < -0.3 is 14.8 Å². The predicted molar refractivity (Wildman–Crippen MR) is 72.2 cm³/mol. The van der Waals surface area contributed by atoms with E-state index in [1.807, 2.05) is 13.0 Å². The van der Waals surface area contributed by atoms with E-state index in [9.17, 15) is 9.59 Å². The minimum absolute atomic E-state index is 0.249. The van der Waals surface area contributed by atoms with Crippen LogP contribution in [0.3, 0.4) is 0 Å². The van der Waals surface area contributed by atoms with Gasteiger partial charge in [-0.25, -0.2) is 0 Å². The zero-order chi connectivity index (χ0) is 14.4. The fourth-order valence-electron chi connectivity index (χ4n) is 1.41. The number of aryl methyl sites for hydroxylation is 1. The summed E-state index contributed by atoms with van der Waals surface area (Å²) >= 11 is 0. The van der Waals surface area contributed by atoms with Gasteiger partial charge in [-0.15, -0.1) is 0 Å². The first kappa shape index (κ1) is 15.0. The van der Waals surface area contributed by atoms with Crippen LogP contribution in [0.1, 0.15) is 19.4 Å². The van der Waals surface area contributed by atoms with E-state index in [1.54, 1.807) is 26.0 Å². The van der Waals surface area contributed by atoms with E-state index in [2.05, 4.69) is 5.32 Å². The molecule has 0 aliphatic carbocycles. The van der Waals surface area contributed by atoms with Crippen molar-refractivity contribution in [3.05, 3.63) is 23.8 Å². The maximum Gasteiger partial charge on any atom is 0.308 e. The van der Waals surface area contributed by atoms with E-state index in [0.717, 1.165) is 5.56 Å². The number of benzene rings is 1. The Morgan fingerprint density at radius 2 is 2.00 bits per heavy atom. The predicted octanol–water partition coefficient (Wildman–Crippen LogP) is 2.14. The van der Waals surface area contributed by atoms with Gasteiger partial charge in [-0.1, -0.05) is 19.9 Å². The molecule has 1 rings (SSSR count). The van der Waals surface area contributed by atoms with Crippen LogP contribution < -0.4 is 10.1 Å². The molecule has 5 nitrogen and oxygen atoms in total. The first-order chi connectivity index (χ1) is 8.93. The third kappa shape index (κ3) is 4.62. The molecule has 0 saturated carbocycles. The number of nitrogens with one attached hydrogen (secondary N) is 1. The van der Waals surface area contributed by atoms with Gasteiger partial charge in [0.15, 0.2) is 6.61 Å². The second-order valence-corrected chi connectivity index (χ2v) is 4.51. The summed E-state index contributed by atoms with van der Waals surface area (Å²) in [6.07, 6.45) is 0. The number of rotatable bonds is 5. The summed E-state index contributed by atoms with van der Waals surface area (Å²) < 4.78 is 9.99. The number of amides is 1. The summed E-state index contributed by atoms with van der Waals surface area (Å²) in [6, 6.07) is 5.44. The number of anilines is 1. The molecule has 0 heterocycles. The fourth-order valence-corrected chi connectivity index (χ4v) is 1.41. The maximum atomic E-state index is 11.7. The molecule has 0 unspecified atom stereocenters. The lowest BCUT2D eigenvalue weighted by Crippen LogP contribution is -2.23. The monoisotopic (exact) mass is 265 g/mol. The van der Waals surface area contributed by atoms with Gasteiger partial charge in [-0.05, 0) is 24.6 Å². The van der Waals surface area contributed by atoms with Gasteiger partial charge >= 0.3 is 5.97 Å². The van der Waals surface area contributed by atoms with Crippen LogP contribution in [-0.2, 0) is 14.3 Å². The van der Waals surface area contributed by atoms with E-state index in [0.29, 0.717) is 11.4 Å². The Kier molecular flexibility index (Phi) is 5.36. The van der Waals surface area contributed by atoms with Gasteiger partial charge in [0, 0.05) is 0 Å². The number of hydrogen-bond acceptors (Lipinski definition) is 4. The molecular formula is C14H19NO4. The minimum atomic E-state index is -0.397. The lowest BCUT2D eigenvalue weighted by Gasteiger charge is -2.11. The Balaban J connectivity index is 2.62. The highest BCUT2D eigenvalue weighted by Crippen LogP contribution is 2.24. The van der Waals surface area contributed by atoms with E-state index < -0.39 is 11.9 Å². The Morgan fingerprint density at radius 1 is 1.32 bits per heavy atom. The molecule has 0 aromatic heterocycles. The molecular weight excluding hydrogens is 246 g/mol. The first-order valence-electron chi connectivity index (χ1n) is 6.05. The molecule has 0 aliphatic rings. The third-order valence-corrected chi connectivity index (χ3v) is 2.45. The van der Waals surface area contributed by atoms with Gasteiger partial charge in [0.2, 0.25) is 0 Å². The highest BCUT2D eigenvalue weighted by atomic mass is 16.5. The van der Waals surface area contributed by atoms with Crippen LogP contribution in [-0.4, -0.2) is 25.6 Å². The summed E-state index contributed by atoms with van der Waals surface area (Å²) in [5.41, 5.74) is 1.56. The normalized spacial score (nSPS) is 10.2. The molecule has 0 radical (unpaired) electrons. The van der Waals surface area contributed by atoms with Crippen molar-refractivity contribution in [1.29, 1.82) is 0 Å². The largest absolute Gasteiger partial charge is 0.495 e. The average molecular weight is 265 g/mol. The molecule has 0 fully saturated rings. The smallest absolute Gasteiger partial charge is 0.308 e. The van der Waals surface area contributed by atoms with Crippen LogP contribution in [0, 0.1) is 12.8 Å². The molecule has 0 aliphatic heterocycles. The van der Waals surface area contributed by atoms with Crippen molar-refractivity contribution in [2.45, 2.75) is 20.8 Å². The van der Waals surface area contributed by atoms with Crippen molar-refractivity contribution in [3.8, 4) is 5.75 Å². The molecule has 0 atom stereocenters. The lowest BCUT2D eigenvalue weighted by molar-refractivity contribution is -0.150. The van der Waals surface area contributed by atoms with Gasteiger partial charge in [0.1, 0.15) is 5.75 Å². The highest BCUT2D eigenvalue weighted by Gasteiger charge is 2.12. The summed E-state index contributed by atoms with van der Waals surface area (Å²) in [5.74, 6) is -0.473. The first-order valence-corrected chi connectivity index (χ1v) is 6.05. The zero-order valence-electron chi connectivity index (χ0n) is 11.6. The lowest BCUT2D eigenvalue weighted by atomic mass is 10.2. The number of ether oxygens (including phenoxy) is 2. The van der Waals surface area contributed by atoms with E-state index in [4.69, 9.17) is 9.47 Å². The summed E-state index contributed by atoms with van der Waals surface area (Å²) in [5, 5.41) is 2.66. The van der Waals surface area contributed by atoms with Crippen molar-refractivity contribution in [2.75, 3.05) is 19.0 Å². The van der Waals surface area contributed by atoms with Crippen LogP contribution in [0.4, 0.5) is 5.69 Å². The summed E-state index contributed by atoms with van der Waals surface area (Å²) in [4.78, 5) is 22.9. The number of esters is 1. The fraction of sp³-hybridized carbons (Fsp3) is 0.429. The Hall–Kier alpha value is -2.04. The molecule has 0 bridgehead atoms. The summed E-state index contributed by atoms with van der Waals surface area (Å²) in [6.45, 7) is 5.04. The number of carbonyl (C=O) groups excluding carboxylic acids is 2. The molecule has 104 valence electrons. The Bertz CT molecular complexity index is 469. The van der Waals surface area contributed by atoms with Crippen molar-refractivity contribution in [3.63, 3.8) is 0 Å². The van der Waals surface area contributed by atoms with Crippen LogP contribution in [0.15, 0.2) is 18.2 Å². The molecule has 1 aromatic rings. The maximum absolute atomic E-state index is 11.7. The van der Waals surface area contributed by atoms with Gasteiger partial charge in [-0.2, -0.15) is 0 Å². The van der Waals surface area contributed by atoms with Crippen molar-refractivity contribution < 1.29 is 19.1 Å². The van der Waals surface area contributed by atoms with Gasteiger partial charge in [0.05, 0.1) is 18.7 Å². The van der Waals surface area contributed by atoms with Crippen molar-refractivity contribution in [1.82, 2.24) is 0 Å². The Labute approximate surface area is 112 Å². The van der Waals surface area contributed by atoms with Crippen LogP contribution in [0.2, 0.25) is 0 Å². The van der Waals surface area contributed by atoms with E-state index >= 15 is 0 Å². The quantitative estimate of drug-likeness (QED) is 0.828. The second-order valence-electron chi connectivity index (χ2n) is 4.51. The Morgan fingerprint density at radius 3 is 2.58 bits per heavy atom. The third-order valence-electron chi connectivity index (χ3n) is 2.45. The average Bonchev–Trinajstić information content (AvgIpc) is 2.36. The number of hydrogen-bond donors (Lipinski definition) is 1. The highest BCUT2D eigenvalue weighted by molar-refractivity contribution is 5.94. The molecule has 1 aromatic carbocycles. The molecule has 0 saturated heterocycles. The van der Waals surface area contributed by atoms with Crippen molar-refractivity contribution >= 4 is 17.6 Å². The molecule has 1 N–H and O–H groups in total. The molecule has 0 spiro atoms. The van der Waals surface area contributed by atoms with E-state index in [1.165, 1.54) is 7.11 Å². The topological polar surface area (TPSA) is 64.6 Å². The molecule has 5 heteroatoms. The van der Waals surface area contributed by atoms with Gasteiger partial charge in [0.25, 0.3) is 5.91 Å². The number of methoxy groups -OCH3 is 1. The van der Waals surface area contributed by atoms with Crippen LogP contribution >= 0.6 is 0 Å². The van der Waals surface area contributed by atoms with Crippen LogP contribution in [0.5, 0.6) is 5.75 Å². The SMILES string of the molecule is COc1ccc(C)cc1NC(=O)COC(=O)C(C)C. The van der Waals surface area contributed by atoms with Gasteiger partial charge in [-0.3, -0.25) is 9.59 Å². The number of carbonyl (C=O) groups is 2. The zero-order valence-corrected chi connectivity index (χ0v) is 11.6. The minimum Gasteiger partial charge on any atom is -0.495 e. The molecule has 19 heavy (non-hydrogen) atoms. The second kappa shape index (κ2) is 6.78. The van der Waals surface area contributed by atoms with E-state index in [-0.39, 0.29) is 12.5 Å². The summed E-state index contributed by atoms with van der Waals surface area (Å²) in [7, 11) is 1.53. The van der Waals surface area contributed by atoms with Crippen LogP contribution in [0.25, 0.3) is 0 Å². The van der Waals surface area contributed by atoms with Crippen molar-refractivity contribution in [2.24, 2.45) is 5.92 Å².